The van der Waals surface area contributed by atoms with Crippen LogP contribution in [-0.2, 0) is 0 Å². The van der Waals surface area contributed by atoms with Crippen LogP contribution in [0.15, 0.2) is 53.6 Å². The van der Waals surface area contributed by atoms with Crippen LogP contribution in [-0.4, -0.2) is 4.98 Å². The molecule has 0 bridgehead atoms. The summed E-state index contributed by atoms with van der Waals surface area (Å²) in [7, 11) is 0. The van der Waals surface area contributed by atoms with Crippen LogP contribution in [0.25, 0.3) is 0 Å². The third-order valence-corrected chi connectivity index (χ3v) is 1.33. The van der Waals surface area contributed by atoms with Crippen molar-refractivity contribution in [3.63, 3.8) is 0 Å². The van der Waals surface area contributed by atoms with Gasteiger partial charge in [0.2, 0.25) is 0 Å². The topological polar surface area (TPSA) is 26.0 Å². The first-order valence-corrected chi connectivity index (χ1v) is 3.80. The zero-order valence-electron chi connectivity index (χ0n) is 6.35. The second-order valence-electron chi connectivity index (χ2n) is 1.97. The summed E-state index contributed by atoms with van der Waals surface area (Å²) in [6.07, 6.45) is 4.47. The maximum atomic E-state index is 5.54. The lowest BCUT2D eigenvalue weighted by Crippen LogP contribution is -1.55. The first-order chi connectivity index (χ1) is 5.89. The number of hydrogen-bond acceptors (Lipinski definition) is 2. The fraction of sp³-hybridized carbons (Fsp3) is 0. The van der Waals surface area contributed by atoms with Crippen molar-refractivity contribution >= 4 is 11.6 Å². The molecule has 0 saturated heterocycles. The zero-order chi connectivity index (χ0) is 8.65. The minimum Gasteiger partial charge on any atom is -0.452 e. The Morgan fingerprint density at radius 2 is 1.92 bits per heavy atom. The largest absolute Gasteiger partial charge is 0.452 e. The molecular formula is C9H8ClNO. The number of nitrogens with zero attached hydrogens (tertiary/aromatic N) is 1. The second-order valence-corrected chi connectivity index (χ2v) is 2.41. The Morgan fingerprint density at radius 3 is 2.17 bits per heavy atom. The highest BCUT2D eigenvalue weighted by Gasteiger charge is 1.74. The molecule has 0 aliphatic heterocycles. The second kappa shape index (κ2) is 5.38. The number of benzene rings is 1. The summed E-state index contributed by atoms with van der Waals surface area (Å²) < 4.78 is 4.47. The van der Waals surface area contributed by atoms with E-state index >= 15 is 0 Å². The monoisotopic (exact) mass is 181 g/mol. The molecule has 1 heterocycles. The minimum atomic E-state index is 0.794. The molecule has 1 aromatic carbocycles. The van der Waals surface area contributed by atoms with Gasteiger partial charge in [-0.2, -0.15) is 0 Å². The Balaban J connectivity index is 0.000000127. The van der Waals surface area contributed by atoms with Crippen molar-refractivity contribution in [3.05, 3.63) is 54.2 Å². The van der Waals surface area contributed by atoms with E-state index in [0.717, 1.165) is 5.02 Å². The number of aromatic nitrogens is 1. The van der Waals surface area contributed by atoms with Crippen LogP contribution < -0.4 is 0 Å². The number of halogens is 1. The predicted octanol–water partition coefficient (Wildman–Crippen LogP) is 3.01. The van der Waals surface area contributed by atoms with Gasteiger partial charge in [0.25, 0.3) is 0 Å². The summed E-state index contributed by atoms with van der Waals surface area (Å²) in [5, 5.41) is 0.794. The van der Waals surface area contributed by atoms with Crippen LogP contribution in [0.2, 0.25) is 5.02 Å². The van der Waals surface area contributed by atoms with Gasteiger partial charge in [-0.15, -0.1) is 0 Å². The highest BCUT2D eigenvalue weighted by molar-refractivity contribution is 6.30. The Kier molecular flexibility index (Phi) is 3.95. The molecule has 0 unspecified atom stereocenters. The predicted molar refractivity (Wildman–Crippen MR) is 48.0 cm³/mol. The Bertz CT molecular complexity index is 263. The lowest BCUT2D eigenvalue weighted by molar-refractivity contribution is 0.558. The van der Waals surface area contributed by atoms with Gasteiger partial charge in [0.05, 0.1) is 6.20 Å². The molecule has 0 amide bonds. The van der Waals surface area contributed by atoms with Crippen LogP contribution in [0.3, 0.4) is 0 Å². The fourth-order valence-corrected chi connectivity index (χ4v) is 0.736. The van der Waals surface area contributed by atoms with E-state index in [1.165, 1.54) is 12.7 Å². The van der Waals surface area contributed by atoms with E-state index in [-0.39, 0.29) is 0 Å². The Labute approximate surface area is 75.8 Å². The van der Waals surface area contributed by atoms with E-state index in [4.69, 9.17) is 11.6 Å². The van der Waals surface area contributed by atoms with Crippen molar-refractivity contribution in [2.45, 2.75) is 0 Å². The zero-order valence-corrected chi connectivity index (χ0v) is 7.11. The van der Waals surface area contributed by atoms with Gasteiger partial charge in [-0.05, 0) is 12.1 Å². The molecule has 0 radical (unpaired) electrons. The molecule has 0 aliphatic rings. The Hall–Kier alpha value is -1.28. The average Bonchev–Trinajstić information content (AvgIpc) is 2.62. The van der Waals surface area contributed by atoms with E-state index in [9.17, 15) is 0 Å². The van der Waals surface area contributed by atoms with Crippen LogP contribution >= 0.6 is 11.6 Å². The van der Waals surface area contributed by atoms with Crippen LogP contribution in [0.1, 0.15) is 0 Å². The molecule has 0 saturated carbocycles. The highest BCUT2D eigenvalue weighted by Crippen LogP contribution is 2.03. The minimum absolute atomic E-state index is 0.794. The summed E-state index contributed by atoms with van der Waals surface area (Å²) >= 11 is 5.54. The van der Waals surface area contributed by atoms with Crippen LogP contribution in [0.5, 0.6) is 0 Å². The summed E-state index contributed by atoms with van der Waals surface area (Å²) in [5.74, 6) is 0. The first-order valence-electron chi connectivity index (χ1n) is 3.42. The molecule has 0 fully saturated rings. The molecule has 62 valence electrons. The quantitative estimate of drug-likeness (QED) is 0.625. The van der Waals surface area contributed by atoms with Crippen molar-refractivity contribution in [1.29, 1.82) is 0 Å². The van der Waals surface area contributed by atoms with Gasteiger partial charge in [0.15, 0.2) is 6.39 Å². The molecule has 12 heavy (non-hydrogen) atoms. The molecular weight excluding hydrogens is 174 g/mol. The van der Waals surface area contributed by atoms with E-state index in [1.807, 2.05) is 30.3 Å². The van der Waals surface area contributed by atoms with Crippen molar-refractivity contribution < 1.29 is 4.42 Å². The number of rotatable bonds is 0. The van der Waals surface area contributed by atoms with E-state index in [1.54, 1.807) is 6.20 Å². The van der Waals surface area contributed by atoms with Gasteiger partial charge >= 0.3 is 0 Å². The summed E-state index contributed by atoms with van der Waals surface area (Å²) in [4.78, 5) is 3.56. The smallest absolute Gasteiger partial charge is 0.180 e. The van der Waals surface area contributed by atoms with Crippen molar-refractivity contribution in [2.75, 3.05) is 0 Å². The molecule has 0 atom stereocenters. The van der Waals surface area contributed by atoms with Gasteiger partial charge < -0.3 is 4.42 Å². The molecule has 0 spiro atoms. The molecule has 3 heteroatoms. The first kappa shape index (κ1) is 8.81. The van der Waals surface area contributed by atoms with Crippen LogP contribution in [0.4, 0.5) is 0 Å². The summed E-state index contributed by atoms with van der Waals surface area (Å²) in [5.41, 5.74) is 0. The molecule has 2 nitrogen and oxygen atoms in total. The standard InChI is InChI=1S/C6H5Cl.C3H3NO/c7-6-4-2-1-3-5-6;1-2-5-3-4-1/h1-5H;1-3H. The van der Waals surface area contributed by atoms with E-state index in [0.29, 0.717) is 0 Å². The van der Waals surface area contributed by atoms with Gasteiger partial charge in [0, 0.05) is 5.02 Å². The van der Waals surface area contributed by atoms with Crippen molar-refractivity contribution in [1.82, 2.24) is 4.98 Å². The van der Waals surface area contributed by atoms with Gasteiger partial charge in [-0.3, -0.25) is 0 Å². The average molecular weight is 182 g/mol. The summed E-state index contributed by atoms with van der Waals surface area (Å²) in [6, 6.07) is 9.44. The van der Waals surface area contributed by atoms with Crippen LogP contribution in [0, 0.1) is 0 Å². The highest BCUT2D eigenvalue weighted by atomic mass is 35.5. The lowest BCUT2D eigenvalue weighted by Gasteiger charge is -1.80. The fourth-order valence-electron chi connectivity index (χ4n) is 0.590. The molecule has 1 aromatic heterocycles. The third kappa shape index (κ3) is 3.78. The molecule has 0 aliphatic carbocycles. The maximum absolute atomic E-state index is 5.54. The van der Waals surface area contributed by atoms with E-state index < -0.39 is 0 Å². The maximum Gasteiger partial charge on any atom is 0.180 e. The van der Waals surface area contributed by atoms with E-state index in [2.05, 4.69) is 9.40 Å². The number of hydrogen-bond donors (Lipinski definition) is 0. The molecule has 0 N–H and O–H groups in total. The lowest BCUT2D eigenvalue weighted by atomic mass is 10.4. The normalized spacial score (nSPS) is 8.42. The van der Waals surface area contributed by atoms with Gasteiger partial charge in [-0.1, -0.05) is 29.8 Å². The molecule has 2 rings (SSSR count). The van der Waals surface area contributed by atoms with Crippen molar-refractivity contribution in [2.24, 2.45) is 0 Å². The SMILES string of the molecule is Clc1ccccc1.c1cocn1. The van der Waals surface area contributed by atoms with Gasteiger partial charge in [-0.25, -0.2) is 4.98 Å². The number of oxazole rings is 1. The van der Waals surface area contributed by atoms with Crippen molar-refractivity contribution in [3.8, 4) is 0 Å². The molecule has 2 aromatic rings. The third-order valence-electron chi connectivity index (χ3n) is 1.08. The van der Waals surface area contributed by atoms with Gasteiger partial charge in [0.1, 0.15) is 6.26 Å². The Morgan fingerprint density at radius 1 is 1.17 bits per heavy atom. The summed E-state index contributed by atoms with van der Waals surface area (Å²) in [6.45, 7) is 0.